The van der Waals surface area contributed by atoms with Crippen LogP contribution < -0.4 is 11.0 Å². The summed E-state index contributed by atoms with van der Waals surface area (Å²) in [6.07, 6.45) is 0.198. The third-order valence-electron chi connectivity index (χ3n) is 6.75. The second-order valence-electron chi connectivity index (χ2n) is 8.67. The van der Waals surface area contributed by atoms with Crippen molar-refractivity contribution in [2.24, 2.45) is 12.5 Å². The number of rotatable bonds is 3. The van der Waals surface area contributed by atoms with E-state index in [0.717, 1.165) is 5.56 Å². The van der Waals surface area contributed by atoms with E-state index in [-0.39, 0.29) is 30.9 Å². The summed E-state index contributed by atoms with van der Waals surface area (Å²) in [5, 5.41) is 7.23. The van der Waals surface area contributed by atoms with Crippen LogP contribution in [0.2, 0.25) is 0 Å². The van der Waals surface area contributed by atoms with Crippen molar-refractivity contribution >= 4 is 28.4 Å². The SMILES string of the molecule is Cc1cc2ncnn2cc1Nc1ncc2c(n1)n(C13CC(C(F)(F)F)(C1)C3)c(=O)n2C. The Kier molecular flexibility index (Phi) is 3.21. The van der Waals surface area contributed by atoms with Gasteiger partial charge in [0.05, 0.1) is 29.0 Å². The first-order valence-corrected chi connectivity index (χ1v) is 9.71. The number of aryl methyl sites for hydroxylation is 2. The van der Waals surface area contributed by atoms with Crippen LogP contribution in [0.15, 0.2) is 29.6 Å². The van der Waals surface area contributed by atoms with Gasteiger partial charge in [-0.2, -0.15) is 23.3 Å². The maximum absolute atomic E-state index is 13.3. The molecule has 3 aliphatic rings. The van der Waals surface area contributed by atoms with Crippen LogP contribution >= 0.6 is 0 Å². The molecule has 0 aliphatic heterocycles. The van der Waals surface area contributed by atoms with E-state index < -0.39 is 17.1 Å². The molecule has 0 amide bonds. The van der Waals surface area contributed by atoms with E-state index in [1.807, 2.05) is 13.0 Å². The predicted octanol–water partition coefficient (Wildman–Crippen LogP) is 2.67. The molecule has 1 N–H and O–H groups in total. The minimum atomic E-state index is -4.25. The zero-order valence-corrected chi connectivity index (χ0v) is 16.6. The number of imidazole rings is 1. The number of anilines is 2. The van der Waals surface area contributed by atoms with Gasteiger partial charge in [-0.05, 0) is 37.8 Å². The molecule has 0 atom stereocenters. The van der Waals surface area contributed by atoms with Crippen molar-refractivity contribution in [2.45, 2.75) is 37.9 Å². The second kappa shape index (κ2) is 5.42. The summed E-state index contributed by atoms with van der Waals surface area (Å²) in [5.41, 5.74) is 0.227. The zero-order chi connectivity index (χ0) is 21.8. The van der Waals surface area contributed by atoms with Gasteiger partial charge in [0.15, 0.2) is 11.3 Å². The maximum Gasteiger partial charge on any atom is 0.394 e. The van der Waals surface area contributed by atoms with E-state index in [4.69, 9.17) is 0 Å². The van der Waals surface area contributed by atoms with Gasteiger partial charge in [-0.25, -0.2) is 19.3 Å². The predicted molar refractivity (Wildman–Crippen MR) is 104 cm³/mol. The van der Waals surface area contributed by atoms with Gasteiger partial charge in [0.1, 0.15) is 11.8 Å². The molecule has 0 aromatic carbocycles. The summed E-state index contributed by atoms with van der Waals surface area (Å²) >= 11 is 0. The molecule has 0 unspecified atom stereocenters. The third-order valence-corrected chi connectivity index (χ3v) is 6.75. The number of hydrogen-bond acceptors (Lipinski definition) is 6. The average molecular weight is 430 g/mol. The van der Waals surface area contributed by atoms with Crippen LogP contribution in [0.3, 0.4) is 0 Å². The van der Waals surface area contributed by atoms with Crippen molar-refractivity contribution in [3.63, 3.8) is 0 Å². The van der Waals surface area contributed by atoms with Crippen LogP contribution in [-0.4, -0.2) is 39.9 Å². The summed E-state index contributed by atoms with van der Waals surface area (Å²) in [6.45, 7) is 1.90. The minimum Gasteiger partial charge on any atom is -0.323 e. The normalized spacial score (nSPS) is 24.9. The van der Waals surface area contributed by atoms with Gasteiger partial charge >= 0.3 is 11.9 Å². The van der Waals surface area contributed by atoms with E-state index in [0.29, 0.717) is 22.5 Å². The van der Waals surface area contributed by atoms with Crippen LogP contribution in [0.4, 0.5) is 24.8 Å². The summed E-state index contributed by atoms with van der Waals surface area (Å²) in [6, 6.07) is 1.85. The smallest absolute Gasteiger partial charge is 0.323 e. The Bertz CT molecular complexity index is 1430. The summed E-state index contributed by atoms with van der Waals surface area (Å²) in [4.78, 5) is 25.8. The number of aromatic nitrogens is 7. The molecule has 12 heteroatoms. The Morgan fingerprint density at radius 3 is 2.65 bits per heavy atom. The fraction of sp³-hybridized carbons (Fsp3) is 0.421. The molecule has 3 fully saturated rings. The first-order chi connectivity index (χ1) is 14.6. The lowest BCUT2D eigenvalue weighted by molar-refractivity contribution is -0.354. The second-order valence-corrected chi connectivity index (χ2v) is 8.67. The Balaban J connectivity index is 1.41. The monoisotopic (exact) mass is 430 g/mol. The molecule has 4 aromatic rings. The molecule has 160 valence electrons. The van der Waals surface area contributed by atoms with E-state index in [1.54, 1.807) is 17.8 Å². The molecule has 0 radical (unpaired) electrons. The molecular weight excluding hydrogens is 413 g/mol. The summed E-state index contributed by atoms with van der Waals surface area (Å²) in [7, 11) is 1.57. The number of nitrogens with one attached hydrogen (secondary N) is 1. The van der Waals surface area contributed by atoms with Crippen molar-refractivity contribution in [3.8, 4) is 0 Å². The van der Waals surface area contributed by atoms with Gasteiger partial charge in [0.25, 0.3) is 0 Å². The largest absolute Gasteiger partial charge is 0.394 e. The first kappa shape index (κ1) is 18.3. The van der Waals surface area contributed by atoms with Crippen molar-refractivity contribution in [1.82, 2.24) is 33.7 Å². The number of fused-ring (bicyclic) bond motifs is 2. The molecule has 0 saturated heterocycles. The molecule has 3 saturated carbocycles. The number of nitrogens with zero attached hydrogens (tertiary/aromatic N) is 7. The fourth-order valence-corrected chi connectivity index (χ4v) is 5.08. The summed E-state index contributed by atoms with van der Waals surface area (Å²) < 4.78 is 44.4. The molecule has 7 rings (SSSR count). The molecule has 4 aromatic heterocycles. The van der Waals surface area contributed by atoms with Crippen molar-refractivity contribution in [3.05, 3.63) is 40.8 Å². The Labute approximate surface area is 172 Å². The van der Waals surface area contributed by atoms with Crippen LogP contribution in [0.1, 0.15) is 24.8 Å². The average Bonchev–Trinajstić information content (AvgIpc) is 3.16. The third kappa shape index (κ3) is 2.24. The van der Waals surface area contributed by atoms with Crippen molar-refractivity contribution in [1.29, 1.82) is 0 Å². The Morgan fingerprint density at radius 2 is 1.94 bits per heavy atom. The lowest BCUT2D eigenvalue weighted by Gasteiger charge is -2.70. The highest BCUT2D eigenvalue weighted by Crippen LogP contribution is 2.76. The molecule has 31 heavy (non-hydrogen) atoms. The van der Waals surface area contributed by atoms with Gasteiger partial charge in [0, 0.05) is 7.05 Å². The maximum atomic E-state index is 13.3. The molecular formula is C19H17F3N8O. The van der Waals surface area contributed by atoms with Crippen LogP contribution in [-0.2, 0) is 12.6 Å². The van der Waals surface area contributed by atoms with Crippen LogP contribution in [0.25, 0.3) is 16.8 Å². The Morgan fingerprint density at radius 1 is 1.19 bits per heavy atom. The minimum absolute atomic E-state index is 0.0860. The van der Waals surface area contributed by atoms with Gasteiger partial charge in [-0.3, -0.25) is 9.13 Å². The summed E-state index contributed by atoms with van der Waals surface area (Å²) in [5.74, 6) is 0.242. The Hall–Kier alpha value is -3.44. The topological polar surface area (TPSA) is 94.9 Å². The van der Waals surface area contributed by atoms with Gasteiger partial charge in [-0.15, -0.1) is 0 Å². The van der Waals surface area contributed by atoms with E-state index >= 15 is 0 Å². The van der Waals surface area contributed by atoms with Crippen molar-refractivity contribution < 1.29 is 13.2 Å². The van der Waals surface area contributed by atoms with Gasteiger partial charge in [-0.1, -0.05) is 0 Å². The molecule has 9 nitrogen and oxygen atoms in total. The highest BCUT2D eigenvalue weighted by molar-refractivity contribution is 5.74. The lowest BCUT2D eigenvalue weighted by Crippen LogP contribution is -2.74. The number of alkyl halides is 3. The van der Waals surface area contributed by atoms with E-state index in [2.05, 4.69) is 25.4 Å². The molecule has 0 spiro atoms. The molecule has 3 aliphatic carbocycles. The van der Waals surface area contributed by atoms with E-state index in [9.17, 15) is 18.0 Å². The molecule has 4 heterocycles. The van der Waals surface area contributed by atoms with Gasteiger partial charge < -0.3 is 5.32 Å². The number of halogens is 3. The number of pyridine rings is 1. The first-order valence-electron chi connectivity index (χ1n) is 9.71. The van der Waals surface area contributed by atoms with E-state index in [1.165, 1.54) is 21.7 Å². The highest BCUT2D eigenvalue weighted by Gasteiger charge is 2.80. The zero-order valence-electron chi connectivity index (χ0n) is 16.6. The lowest BCUT2D eigenvalue weighted by atomic mass is 9.39. The quantitative estimate of drug-likeness (QED) is 0.537. The highest BCUT2D eigenvalue weighted by atomic mass is 19.4. The van der Waals surface area contributed by atoms with Gasteiger partial charge in [0.2, 0.25) is 5.95 Å². The number of hydrogen-bond donors (Lipinski definition) is 1. The molecule has 2 bridgehead atoms. The van der Waals surface area contributed by atoms with Crippen molar-refractivity contribution in [2.75, 3.05) is 5.32 Å². The van der Waals surface area contributed by atoms with Crippen LogP contribution in [0, 0.1) is 12.3 Å². The fourth-order valence-electron chi connectivity index (χ4n) is 5.08. The standard InChI is InChI=1S/C19H17F3N8O/c1-10-3-13-24-9-25-29(13)5-11(10)26-15-23-4-12-14(27-15)30(16(31)28(12)2)18-6-17(7-18,8-18)19(20,21)22/h3-5,9H,6-8H2,1-2H3,(H,23,26,27). The van der Waals surface area contributed by atoms with Crippen LogP contribution in [0.5, 0.6) is 0 Å².